The lowest BCUT2D eigenvalue weighted by Crippen LogP contribution is -2.28. The predicted octanol–water partition coefficient (Wildman–Crippen LogP) is 5.16. The van der Waals surface area contributed by atoms with Crippen molar-refractivity contribution < 1.29 is 9.47 Å². The van der Waals surface area contributed by atoms with Crippen LogP contribution in [0.2, 0.25) is 0 Å². The summed E-state index contributed by atoms with van der Waals surface area (Å²) in [5, 5.41) is 0. The van der Waals surface area contributed by atoms with E-state index in [1.54, 1.807) is 0 Å². The van der Waals surface area contributed by atoms with Gasteiger partial charge in [-0.25, -0.2) is 0 Å². The topological polar surface area (TPSA) is 18.5 Å². The molecule has 0 aliphatic carbocycles. The lowest BCUT2D eigenvalue weighted by molar-refractivity contribution is -0.175. The van der Waals surface area contributed by atoms with E-state index in [0.717, 1.165) is 32.5 Å². The highest BCUT2D eigenvalue weighted by atomic mass is 16.7. The number of hydrogen-bond acceptors (Lipinski definition) is 2. The molecule has 0 aliphatic heterocycles. The molecule has 0 amide bonds. The summed E-state index contributed by atoms with van der Waals surface area (Å²) in [5.74, 6) is 0.568. The first-order chi connectivity index (χ1) is 8.79. The number of ether oxygens (including phenoxy) is 2. The molecule has 0 aromatic rings. The molecule has 0 fully saturated rings. The van der Waals surface area contributed by atoms with E-state index in [0.29, 0.717) is 5.92 Å². The molecular weight excluding hydrogens is 224 g/mol. The molecule has 0 aromatic carbocycles. The summed E-state index contributed by atoms with van der Waals surface area (Å²) in [6.07, 6.45) is 9.60. The molecule has 0 unspecified atom stereocenters. The maximum Gasteiger partial charge on any atom is 0.160 e. The highest BCUT2D eigenvalue weighted by Gasteiger charge is 2.20. The van der Waals surface area contributed by atoms with Gasteiger partial charge in [0, 0.05) is 19.1 Å². The van der Waals surface area contributed by atoms with Crippen molar-refractivity contribution >= 4 is 0 Å². The molecular formula is C16H34O2. The summed E-state index contributed by atoms with van der Waals surface area (Å²) < 4.78 is 11.9. The van der Waals surface area contributed by atoms with Crippen molar-refractivity contribution in [3.05, 3.63) is 0 Å². The van der Waals surface area contributed by atoms with Gasteiger partial charge in [0.1, 0.15) is 0 Å². The Morgan fingerprint density at radius 3 is 1.61 bits per heavy atom. The molecule has 2 nitrogen and oxygen atoms in total. The fourth-order valence-corrected chi connectivity index (χ4v) is 2.01. The number of hydrogen-bond donors (Lipinski definition) is 0. The molecule has 0 aliphatic rings. The average Bonchev–Trinajstić information content (AvgIpc) is 2.39. The second-order valence-electron chi connectivity index (χ2n) is 5.13. The van der Waals surface area contributed by atoms with E-state index in [2.05, 4.69) is 27.7 Å². The molecule has 0 bridgehead atoms. The minimum Gasteiger partial charge on any atom is -0.352 e. The third-order valence-electron chi connectivity index (χ3n) is 3.40. The minimum atomic E-state index is 0.0275. The van der Waals surface area contributed by atoms with Crippen LogP contribution in [-0.2, 0) is 9.47 Å². The van der Waals surface area contributed by atoms with Crippen LogP contribution in [0.3, 0.4) is 0 Å². The third kappa shape index (κ3) is 8.93. The lowest BCUT2D eigenvalue weighted by atomic mass is 9.98. The standard InChI is InChI=1S/C16H34O2/c1-5-9-12-15(8-4)16(17-13-10-6-2)18-14-11-7-3/h15-16H,5-14H2,1-4H3/t15-/m0/s1. The van der Waals surface area contributed by atoms with Crippen LogP contribution >= 0.6 is 0 Å². The number of rotatable bonds is 13. The molecule has 0 saturated heterocycles. The van der Waals surface area contributed by atoms with Gasteiger partial charge in [-0.1, -0.05) is 53.4 Å². The van der Waals surface area contributed by atoms with Crippen LogP contribution < -0.4 is 0 Å². The lowest BCUT2D eigenvalue weighted by Gasteiger charge is -2.26. The Labute approximate surface area is 114 Å². The smallest absolute Gasteiger partial charge is 0.160 e. The Kier molecular flexibility index (Phi) is 13.3. The highest BCUT2D eigenvalue weighted by Crippen LogP contribution is 2.21. The first-order valence-corrected chi connectivity index (χ1v) is 8.03. The molecule has 2 heteroatoms. The summed E-state index contributed by atoms with van der Waals surface area (Å²) in [6, 6.07) is 0. The predicted molar refractivity (Wildman–Crippen MR) is 78.8 cm³/mol. The van der Waals surface area contributed by atoms with Gasteiger partial charge in [0.2, 0.25) is 0 Å². The molecule has 110 valence electrons. The quantitative estimate of drug-likeness (QED) is 0.335. The monoisotopic (exact) mass is 258 g/mol. The maximum absolute atomic E-state index is 5.96. The summed E-state index contributed by atoms with van der Waals surface area (Å²) in [4.78, 5) is 0. The molecule has 0 saturated carbocycles. The normalized spacial score (nSPS) is 13.2. The van der Waals surface area contributed by atoms with Gasteiger partial charge < -0.3 is 9.47 Å². The highest BCUT2D eigenvalue weighted by molar-refractivity contribution is 4.62. The molecule has 1 atom stereocenters. The summed E-state index contributed by atoms with van der Waals surface area (Å²) in [6.45, 7) is 10.6. The van der Waals surface area contributed by atoms with Crippen LogP contribution in [0.1, 0.15) is 79.1 Å². The summed E-state index contributed by atoms with van der Waals surface area (Å²) >= 11 is 0. The number of unbranched alkanes of at least 4 members (excludes halogenated alkanes) is 3. The Bertz CT molecular complexity index is 149. The van der Waals surface area contributed by atoms with Crippen LogP contribution in [-0.4, -0.2) is 19.5 Å². The molecule has 0 spiro atoms. The van der Waals surface area contributed by atoms with Crippen LogP contribution in [0.25, 0.3) is 0 Å². The third-order valence-corrected chi connectivity index (χ3v) is 3.40. The van der Waals surface area contributed by atoms with Gasteiger partial charge in [0.25, 0.3) is 0 Å². The molecule has 0 N–H and O–H groups in total. The molecule has 18 heavy (non-hydrogen) atoms. The van der Waals surface area contributed by atoms with Crippen LogP contribution in [0.5, 0.6) is 0 Å². The largest absolute Gasteiger partial charge is 0.352 e. The zero-order valence-corrected chi connectivity index (χ0v) is 13.0. The Morgan fingerprint density at radius 2 is 1.22 bits per heavy atom. The Balaban J connectivity index is 4.11. The van der Waals surface area contributed by atoms with Crippen molar-refractivity contribution in [1.29, 1.82) is 0 Å². The van der Waals surface area contributed by atoms with Gasteiger partial charge in [-0.2, -0.15) is 0 Å². The van der Waals surface area contributed by atoms with Crippen molar-refractivity contribution in [2.24, 2.45) is 5.92 Å². The maximum atomic E-state index is 5.96. The van der Waals surface area contributed by atoms with Gasteiger partial charge in [-0.05, 0) is 25.7 Å². The van der Waals surface area contributed by atoms with Crippen molar-refractivity contribution in [2.75, 3.05) is 13.2 Å². The van der Waals surface area contributed by atoms with Crippen LogP contribution in [0, 0.1) is 5.92 Å². The Hall–Kier alpha value is -0.0800. The van der Waals surface area contributed by atoms with E-state index >= 15 is 0 Å². The van der Waals surface area contributed by atoms with Crippen LogP contribution in [0.4, 0.5) is 0 Å². The molecule has 0 rings (SSSR count). The minimum absolute atomic E-state index is 0.0275. The van der Waals surface area contributed by atoms with Gasteiger partial charge >= 0.3 is 0 Å². The second-order valence-corrected chi connectivity index (χ2v) is 5.13. The van der Waals surface area contributed by atoms with Gasteiger partial charge in [0.05, 0.1) is 0 Å². The first-order valence-electron chi connectivity index (χ1n) is 8.03. The zero-order chi connectivity index (χ0) is 13.6. The van der Waals surface area contributed by atoms with E-state index in [9.17, 15) is 0 Å². The van der Waals surface area contributed by atoms with E-state index in [1.165, 1.54) is 32.1 Å². The van der Waals surface area contributed by atoms with Crippen LogP contribution in [0.15, 0.2) is 0 Å². The fourth-order valence-electron chi connectivity index (χ4n) is 2.01. The van der Waals surface area contributed by atoms with Gasteiger partial charge in [-0.15, -0.1) is 0 Å². The average molecular weight is 258 g/mol. The zero-order valence-electron chi connectivity index (χ0n) is 13.0. The van der Waals surface area contributed by atoms with E-state index in [-0.39, 0.29) is 6.29 Å². The van der Waals surface area contributed by atoms with E-state index in [1.807, 2.05) is 0 Å². The summed E-state index contributed by atoms with van der Waals surface area (Å²) in [7, 11) is 0. The Morgan fingerprint density at radius 1 is 0.722 bits per heavy atom. The van der Waals surface area contributed by atoms with Crippen molar-refractivity contribution in [3.8, 4) is 0 Å². The first kappa shape index (κ1) is 17.9. The van der Waals surface area contributed by atoms with E-state index in [4.69, 9.17) is 9.47 Å². The van der Waals surface area contributed by atoms with Crippen molar-refractivity contribution in [3.63, 3.8) is 0 Å². The summed E-state index contributed by atoms with van der Waals surface area (Å²) in [5.41, 5.74) is 0. The fraction of sp³-hybridized carbons (Fsp3) is 1.00. The molecule has 0 aromatic heterocycles. The molecule has 0 heterocycles. The van der Waals surface area contributed by atoms with E-state index < -0.39 is 0 Å². The van der Waals surface area contributed by atoms with Gasteiger partial charge in [-0.3, -0.25) is 0 Å². The second kappa shape index (κ2) is 13.4. The van der Waals surface area contributed by atoms with Crippen molar-refractivity contribution in [1.82, 2.24) is 0 Å². The van der Waals surface area contributed by atoms with Crippen molar-refractivity contribution in [2.45, 2.75) is 85.4 Å². The SMILES string of the molecule is CCCCOC(OCCCC)[C@@H](CC)CCCC. The molecule has 0 radical (unpaired) electrons. The van der Waals surface area contributed by atoms with Gasteiger partial charge in [0.15, 0.2) is 6.29 Å².